The van der Waals surface area contributed by atoms with Gasteiger partial charge in [-0.05, 0) is 12.5 Å². The van der Waals surface area contributed by atoms with E-state index in [1.165, 1.54) is 16.1 Å². The van der Waals surface area contributed by atoms with E-state index in [4.69, 9.17) is 5.73 Å². The van der Waals surface area contributed by atoms with E-state index in [1.807, 2.05) is 0 Å². The van der Waals surface area contributed by atoms with Crippen molar-refractivity contribution in [2.45, 2.75) is 12.6 Å². The second kappa shape index (κ2) is 8.86. The molecule has 0 aliphatic carbocycles. The lowest BCUT2D eigenvalue weighted by Gasteiger charge is -2.34. The summed E-state index contributed by atoms with van der Waals surface area (Å²) in [4.78, 5) is 21.9. The van der Waals surface area contributed by atoms with E-state index >= 15 is 0 Å². The van der Waals surface area contributed by atoms with Crippen molar-refractivity contribution in [3.63, 3.8) is 0 Å². The van der Waals surface area contributed by atoms with Crippen LogP contribution in [0, 0.1) is 0 Å². The molecule has 0 fully saturated rings. The molecular weight excluding hydrogens is 286 g/mol. The summed E-state index contributed by atoms with van der Waals surface area (Å²) >= 11 is 7.26. The molecule has 0 aromatic rings. The number of hydrazine groups is 2. The van der Waals surface area contributed by atoms with Crippen molar-refractivity contribution in [2.24, 2.45) is 5.73 Å². The molecule has 0 aliphatic heterocycles. The monoisotopic (exact) mass is 305 g/mol. The van der Waals surface area contributed by atoms with E-state index < -0.39 is 10.5 Å². The number of nitrogens with two attached hydrogens (primary N) is 1. The number of rotatable bonds is 7. The summed E-state index contributed by atoms with van der Waals surface area (Å²) in [5, 5.41) is 1.95. The first kappa shape index (κ1) is 17.8. The number of carbonyl (C=O) groups excluding carboxylic acids is 2. The molecule has 0 unspecified atom stereocenters. The van der Waals surface area contributed by atoms with Gasteiger partial charge in [-0.1, -0.05) is 37.9 Å². The van der Waals surface area contributed by atoms with Gasteiger partial charge in [0.1, 0.15) is 6.17 Å². The molecule has 0 aromatic carbocycles. The van der Waals surface area contributed by atoms with Crippen LogP contribution in [0.2, 0.25) is 0 Å². The van der Waals surface area contributed by atoms with Crippen molar-refractivity contribution in [1.29, 1.82) is 0 Å². The molecule has 0 spiro atoms. The molecule has 9 heteroatoms. The number of hydrogen-bond donors (Lipinski definition) is 5. The molecule has 0 saturated carbocycles. The second-order valence-electron chi connectivity index (χ2n) is 3.68. The first-order valence-corrected chi connectivity index (χ1v) is 6.20. The molecule has 4 N–H and O–H groups in total. The highest BCUT2D eigenvalue weighted by Crippen LogP contribution is 2.06. The van der Waals surface area contributed by atoms with E-state index in [2.05, 4.69) is 42.7 Å². The normalized spacial score (nSPS) is 11.8. The highest BCUT2D eigenvalue weighted by Gasteiger charge is 2.20. The molecule has 19 heavy (non-hydrogen) atoms. The van der Waals surface area contributed by atoms with Crippen LogP contribution in [0.15, 0.2) is 24.4 Å². The minimum Gasteiger partial charge on any atom is -0.399 e. The van der Waals surface area contributed by atoms with Crippen molar-refractivity contribution < 1.29 is 9.59 Å². The van der Waals surface area contributed by atoms with Gasteiger partial charge in [0.2, 0.25) is 0 Å². The van der Waals surface area contributed by atoms with Gasteiger partial charge in [-0.15, -0.1) is 0 Å². The Balaban J connectivity index is 4.85. The van der Waals surface area contributed by atoms with Gasteiger partial charge in [-0.25, -0.2) is 10.0 Å². The number of nitrogens with zero attached hydrogens (tertiary/aromatic N) is 2. The summed E-state index contributed by atoms with van der Waals surface area (Å²) in [5.74, 6) is 0. The van der Waals surface area contributed by atoms with Crippen LogP contribution in [-0.2, 0) is 0 Å². The Morgan fingerprint density at radius 2 is 1.68 bits per heavy atom. The van der Waals surface area contributed by atoms with Gasteiger partial charge in [0.25, 0.3) is 10.5 Å². The first-order chi connectivity index (χ1) is 8.77. The number of hydrogen-bond acceptors (Lipinski definition) is 5. The summed E-state index contributed by atoms with van der Waals surface area (Å²) in [6.07, 6.45) is 3.30. The summed E-state index contributed by atoms with van der Waals surface area (Å²) in [5.41, 5.74) is 11.1. The van der Waals surface area contributed by atoms with E-state index in [1.54, 1.807) is 20.2 Å². The zero-order valence-corrected chi connectivity index (χ0v) is 12.6. The summed E-state index contributed by atoms with van der Waals surface area (Å²) < 4.78 is 0. The summed E-state index contributed by atoms with van der Waals surface area (Å²) in [6, 6.07) is 0. The third kappa shape index (κ3) is 7.78. The predicted octanol–water partition coefficient (Wildman–Crippen LogP) is 0.704. The van der Waals surface area contributed by atoms with Gasteiger partial charge < -0.3 is 5.73 Å². The Hall–Kier alpha value is -1.16. The lowest BCUT2D eigenvalue weighted by atomic mass is 10.2. The van der Waals surface area contributed by atoms with E-state index in [0.29, 0.717) is 12.1 Å². The molecule has 0 radical (unpaired) electrons. The molecule has 2 amide bonds. The van der Waals surface area contributed by atoms with Crippen LogP contribution in [-0.4, -0.2) is 40.8 Å². The zero-order valence-electron chi connectivity index (χ0n) is 10.8. The molecule has 7 nitrogen and oxygen atoms in total. The maximum atomic E-state index is 10.9. The molecule has 0 rings (SSSR count). The highest BCUT2D eigenvalue weighted by atomic mass is 32.1. The third-order valence-corrected chi connectivity index (χ3v) is 2.44. The number of allylic oxidation sites excluding steroid dienone is 1. The average Bonchev–Trinajstić information content (AvgIpc) is 2.26. The smallest absolute Gasteiger partial charge is 0.290 e. The van der Waals surface area contributed by atoms with Crippen LogP contribution in [0.3, 0.4) is 0 Å². The molecule has 0 heterocycles. The van der Waals surface area contributed by atoms with Crippen molar-refractivity contribution in [3.8, 4) is 0 Å². The fraction of sp³-hybridized carbons (Fsp3) is 0.400. The summed E-state index contributed by atoms with van der Waals surface area (Å²) in [7, 11) is 3.27. The Bertz CT molecular complexity index is 353. The zero-order chi connectivity index (χ0) is 15.0. The van der Waals surface area contributed by atoms with Crippen LogP contribution in [0.5, 0.6) is 0 Å². The van der Waals surface area contributed by atoms with Crippen LogP contribution >= 0.6 is 25.3 Å². The van der Waals surface area contributed by atoms with Crippen LogP contribution in [0.4, 0.5) is 9.59 Å². The third-order valence-electron chi connectivity index (χ3n) is 2.24. The van der Waals surface area contributed by atoms with Gasteiger partial charge in [-0.3, -0.25) is 20.4 Å². The fourth-order valence-electron chi connectivity index (χ4n) is 1.35. The Kier molecular flexibility index (Phi) is 8.32. The second-order valence-corrected chi connectivity index (χ2v) is 4.49. The Morgan fingerprint density at radius 3 is 2.00 bits per heavy atom. The predicted molar refractivity (Wildman–Crippen MR) is 81.4 cm³/mol. The van der Waals surface area contributed by atoms with Gasteiger partial charge >= 0.3 is 0 Å². The first-order valence-electron chi connectivity index (χ1n) is 5.30. The van der Waals surface area contributed by atoms with E-state index in [0.717, 1.165) is 0 Å². The minimum absolute atomic E-state index is 0.370. The molecule has 0 bridgehead atoms. The average molecular weight is 305 g/mol. The van der Waals surface area contributed by atoms with Crippen molar-refractivity contribution in [2.75, 3.05) is 14.1 Å². The van der Waals surface area contributed by atoms with Crippen molar-refractivity contribution >= 4 is 35.7 Å². The highest BCUT2D eigenvalue weighted by molar-refractivity contribution is 7.96. The van der Waals surface area contributed by atoms with Crippen molar-refractivity contribution in [3.05, 3.63) is 24.4 Å². The number of nitrogens with one attached hydrogen (secondary N) is 2. The SMILES string of the molecule is C=C/C(N)=C\CC(N(C)NC(=O)S)N(C)NC(=O)S. The van der Waals surface area contributed by atoms with E-state index in [9.17, 15) is 9.59 Å². The van der Waals surface area contributed by atoms with Gasteiger partial charge in [0.15, 0.2) is 0 Å². The molecule has 0 aromatic heterocycles. The van der Waals surface area contributed by atoms with Crippen molar-refractivity contribution in [1.82, 2.24) is 20.9 Å². The molecular formula is C10H19N5O2S2. The topological polar surface area (TPSA) is 90.7 Å². The largest absolute Gasteiger partial charge is 0.399 e. The molecule has 108 valence electrons. The number of thiol groups is 2. The van der Waals surface area contributed by atoms with Crippen LogP contribution in [0.1, 0.15) is 6.42 Å². The molecule has 0 atom stereocenters. The van der Waals surface area contributed by atoms with E-state index in [-0.39, 0.29) is 6.17 Å². The Labute approximate surface area is 123 Å². The molecule has 0 saturated heterocycles. The van der Waals surface area contributed by atoms with Gasteiger partial charge in [-0.2, -0.15) is 0 Å². The van der Waals surface area contributed by atoms with Crippen LogP contribution < -0.4 is 16.6 Å². The maximum absolute atomic E-state index is 10.9. The Morgan fingerprint density at radius 1 is 1.26 bits per heavy atom. The quantitative estimate of drug-likeness (QED) is 0.207. The number of amides is 2. The molecule has 0 aliphatic rings. The lowest BCUT2D eigenvalue weighted by molar-refractivity contribution is 0.0358. The lowest BCUT2D eigenvalue weighted by Crippen LogP contribution is -2.56. The summed E-state index contributed by atoms with van der Waals surface area (Å²) in [6.45, 7) is 3.54. The standard InChI is InChI=1S/C10H19N5O2S2/c1-4-7(11)5-6-8(14(2)12-9(16)18)15(3)13-10(17)19/h4-5,8H,1,6,11H2,2-3H3,(H2,12,16,18)(H2,13,17,19)/b7-5+. The van der Waals surface area contributed by atoms with Gasteiger partial charge in [0.05, 0.1) is 0 Å². The van der Waals surface area contributed by atoms with Gasteiger partial charge in [0, 0.05) is 19.8 Å². The fourth-order valence-corrected chi connectivity index (χ4v) is 1.67. The maximum Gasteiger partial charge on any atom is 0.290 e. The number of carbonyl (C=O) groups is 2. The van der Waals surface area contributed by atoms with Crippen LogP contribution in [0.25, 0.3) is 0 Å². The minimum atomic E-state index is -0.515.